The molecule has 110 valence electrons. The van der Waals surface area contributed by atoms with Crippen LogP contribution in [0.1, 0.15) is 39.5 Å². The van der Waals surface area contributed by atoms with Gasteiger partial charge in [-0.25, -0.2) is 0 Å². The molecule has 5 nitrogen and oxygen atoms in total. The Labute approximate surface area is 115 Å². The number of hydrogen-bond acceptors (Lipinski definition) is 4. The van der Waals surface area contributed by atoms with E-state index in [0.717, 1.165) is 6.42 Å². The van der Waals surface area contributed by atoms with Crippen LogP contribution in [0, 0.1) is 11.8 Å². The van der Waals surface area contributed by atoms with E-state index in [9.17, 15) is 9.59 Å². The maximum absolute atomic E-state index is 12.1. The third-order valence-electron chi connectivity index (χ3n) is 3.84. The van der Waals surface area contributed by atoms with Crippen molar-refractivity contribution < 1.29 is 14.3 Å². The van der Waals surface area contributed by atoms with Crippen molar-refractivity contribution in [2.24, 2.45) is 17.6 Å². The van der Waals surface area contributed by atoms with Gasteiger partial charge in [-0.2, -0.15) is 0 Å². The fourth-order valence-corrected chi connectivity index (χ4v) is 2.40. The topological polar surface area (TPSA) is 72.6 Å². The van der Waals surface area contributed by atoms with E-state index in [0.29, 0.717) is 45.5 Å². The van der Waals surface area contributed by atoms with Gasteiger partial charge in [-0.05, 0) is 32.2 Å². The van der Waals surface area contributed by atoms with Gasteiger partial charge in [0.2, 0.25) is 5.91 Å². The Bertz CT molecular complexity index is 295. The number of piperidine rings is 1. The van der Waals surface area contributed by atoms with E-state index in [1.165, 1.54) is 0 Å². The summed E-state index contributed by atoms with van der Waals surface area (Å²) in [5.74, 6) is 0.276. The number of likely N-dealkylation sites (tertiary alicyclic amines) is 1. The molecule has 0 bridgehead atoms. The molecule has 0 saturated carbocycles. The summed E-state index contributed by atoms with van der Waals surface area (Å²) in [5, 5.41) is 0. The zero-order valence-corrected chi connectivity index (χ0v) is 12.1. The average Bonchev–Trinajstić information content (AvgIpc) is 2.45. The van der Waals surface area contributed by atoms with Crippen LogP contribution in [0.25, 0.3) is 0 Å². The Hall–Kier alpha value is -1.10. The van der Waals surface area contributed by atoms with E-state index in [4.69, 9.17) is 10.5 Å². The summed E-state index contributed by atoms with van der Waals surface area (Å²) in [7, 11) is 0. The molecule has 0 aliphatic carbocycles. The SMILES string of the molecule is CCOC(=O)C1CCN(C(=O)CC(CC)CN)CC1. The molecule has 1 aliphatic rings. The average molecular weight is 270 g/mol. The number of carbonyl (C=O) groups is 2. The van der Waals surface area contributed by atoms with Crippen LogP contribution in [0.3, 0.4) is 0 Å². The number of carbonyl (C=O) groups excluding carboxylic acids is 2. The molecule has 1 atom stereocenters. The minimum Gasteiger partial charge on any atom is -0.466 e. The van der Waals surface area contributed by atoms with Gasteiger partial charge in [-0.3, -0.25) is 9.59 Å². The van der Waals surface area contributed by atoms with Crippen molar-refractivity contribution in [2.75, 3.05) is 26.2 Å². The monoisotopic (exact) mass is 270 g/mol. The maximum Gasteiger partial charge on any atom is 0.309 e. The van der Waals surface area contributed by atoms with Crippen molar-refractivity contribution in [1.82, 2.24) is 4.90 Å². The van der Waals surface area contributed by atoms with Crippen molar-refractivity contribution in [3.05, 3.63) is 0 Å². The van der Waals surface area contributed by atoms with Crippen LogP contribution in [-0.4, -0.2) is 43.0 Å². The normalized spacial score (nSPS) is 18.2. The Kier molecular flexibility index (Phi) is 6.84. The summed E-state index contributed by atoms with van der Waals surface area (Å²) in [6.45, 7) is 6.16. The lowest BCUT2D eigenvalue weighted by molar-refractivity contribution is -0.151. The Morgan fingerprint density at radius 3 is 2.42 bits per heavy atom. The molecular formula is C14H26N2O3. The van der Waals surface area contributed by atoms with Crippen LogP contribution in [0.4, 0.5) is 0 Å². The summed E-state index contributed by atoms with van der Waals surface area (Å²) in [4.78, 5) is 25.5. The molecule has 1 amide bonds. The van der Waals surface area contributed by atoms with Crippen LogP contribution in [0.5, 0.6) is 0 Å². The molecule has 0 aromatic carbocycles. The summed E-state index contributed by atoms with van der Waals surface area (Å²) in [5.41, 5.74) is 5.62. The van der Waals surface area contributed by atoms with Crippen LogP contribution in [0.2, 0.25) is 0 Å². The third kappa shape index (κ3) is 4.82. The predicted molar refractivity (Wildman–Crippen MR) is 73.4 cm³/mol. The maximum atomic E-state index is 12.1. The fourth-order valence-electron chi connectivity index (χ4n) is 2.40. The molecule has 0 spiro atoms. The Morgan fingerprint density at radius 2 is 1.95 bits per heavy atom. The van der Waals surface area contributed by atoms with E-state index < -0.39 is 0 Å². The van der Waals surface area contributed by atoms with Gasteiger partial charge in [0.1, 0.15) is 0 Å². The van der Waals surface area contributed by atoms with Gasteiger partial charge in [0.15, 0.2) is 0 Å². The third-order valence-corrected chi connectivity index (χ3v) is 3.84. The van der Waals surface area contributed by atoms with Crippen LogP contribution >= 0.6 is 0 Å². The highest BCUT2D eigenvalue weighted by Gasteiger charge is 2.28. The lowest BCUT2D eigenvalue weighted by atomic mass is 9.95. The number of nitrogens with two attached hydrogens (primary N) is 1. The molecule has 19 heavy (non-hydrogen) atoms. The zero-order chi connectivity index (χ0) is 14.3. The van der Waals surface area contributed by atoms with E-state index in [-0.39, 0.29) is 23.7 Å². The Morgan fingerprint density at radius 1 is 1.32 bits per heavy atom. The summed E-state index contributed by atoms with van der Waals surface area (Å²) in [6.07, 6.45) is 2.88. The number of rotatable bonds is 6. The highest BCUT2D eigenvalue weighted by Crippen LogP contribution is 2.20. The van der Waals surface area contributed by atoms with Crippen molar-refractivity contribution in [3.63, 3.8) is 0 Å². The van der Waals surface area contributed by atoms with E-state index in [1.807, 2.05) is 11.8 Å². The summed E-state index contributed by atoms with van der Waals surface area (Å²) < 4.78 is 5.02. The molecule has 1 saturated heterocycles. The van der Waals surface area contributed by atoms with E-state index >= 15 is 0 Å². The first-order chi connectivity index (χ1) is 9.12. The standard InChI is InChI=1S/C14H26N2O3/c1-3-11(10-15)9-13(17)16-7-5-12(6-8-16)14(18)19-4-2/h11-12H,3-10,15H2,1-2H3. The van der Waals surface area contributed by atoms with Gasteiger partial charge in [0.05, 0.1) is 12.5 Å². The molecule has 0 aromatic rings. The van der Waals surface area contributed by atoms with Crippen molar-refractivity contribution in [1.29, 1.82) is 0 Å². The number of ether oxygens (including phenoxy) is 1. The van der Waals surface area contributed by atoms with Gasteiger partial charge < -0.3 is 15.4 Å². The van der Waals surface area contributed by atoms with E-state index in [1.54, 1.807) is 0 Å². The molecule has 1 fully saturated rings. The summed E-state index contributed by atoms with van der Waals surface area (Å²) >= 11 is 0. The minimum atomic E-state index is -0.122. The molecule has 1 heterocycles. The minimum absolute atomic E-state index is 0.0412. The first-order valence-corrected chi connectivity index (χ1v) is 7.26. The lowest BCUT2D eigenvalue weighted by Gasteiger charge is -2.31. The van der Waals surface area contributed by atoms with Gasteiger partial charge in [0.25, 0.3) is 0 Å². The van der Waals surface area contributed by atoms with E-state index in [2.05, 4.69) is 6.92 Å². The quantitative estimate of drug-likeness (QED) is 0.735. The molecule has 0 aromatic heterocycles. The molecule has 2 N–H and O–H groups in total. The molecule has 5 heteroatoms. The van der Waals surface area contributed by atoms with Crippen LogP contribution in [0.15, 0.2) is 0 Å². The highest BCUT2D eigenvalue weighted by molar-refractivity contribution is 5.77. The predicted octanol–water partition coefficient (Wildman–Crippen LogP) is 1.16. The fraction of sp³-hybridized carbons (Fsp3) is 0.857. The summed E-state index contributed by atoms with van der Waals surface area (Å²) in [6, 6.07) is 0. The first-order valence-electron chi connectivity index (χ1n) is 7.26. The van der Waals surface area contributed by atoms with Crippen molar-refractivity contribution >= 4 is 11.9 Å². The van der Waals surface area contributed by atoms with Crippen LogP contribution < -0.4 is 5.73 Å². The zero-order valence-electron chi connectivity index (χ0n) is 12.1. The number of hydrogen-bond donors (Lipinski definition) is 1. The second-order valence-electron chi connectivity index (χ2n) is 5.12. The number of esters is 1. The molecule has 1 rings (SSSR count). The molecular weight excluding hydrogens is 244 g/mol. The molecule has 1 unspecified atom stereocenters. The smallest absolute Gasteiger partial charge is 0.309 e. The molecule has 0 radical (unpaired) electrons. The number of amides is 1. The van der Waals surface area contributed by atoms with Crippen molar-refractivity contribution in [2.45, 2.75) is 39.5 Å². The second-order valence-corrected chi connectivity index (χ2v) is 5.12. The second kappa shape index (κ2) is 8.15. The highest BCUT2D eigenvalue weighted by atomic mass is 16.5. The largest absolute Gasteiger partial charge is 0.466 e. The van der Waals surface area contributed by atoms with Crippen molar-refractivity contribution in [3.8, 4) is 0 Å². The van der Waals surface area contributed by atoms with Gasteiger partial charge >= 0.3 is 5.97 Å². The van der Waals surface area contributed by atoms with Gasteiger partial charge in [0, 0.05) is 19.5 Å². The Balaban J connectivity index is 2.36. The van der Waals surface area contributed by atoms with Crippen LogP contribution in [-0.2, 0) is 14.3 Å². The van der Waals surface area contributed by atoms with Gasteiger partial charge in [-0.1, -0.05) is 13.3 Å². The molecule has 1 aliphatic heterocycles. The lowest BCUT2D eigenvalue weighted by Crippen LogP contribution is -2.41. The van der Waals surface area contributed by atoms with Gasteiger partial charge in [-0.15, -0.1) is 0 Å². The first kappa shape index (κ1) is 16.0. The number of nitrogens with zero attached hydrogens (tertiary/aromatic N) is 1.